The first kappa shape index (κ1) is 16.2. The zero-order valence-electron chi connectivity index (χ0n) is 12.1. The maximum Gasteiger partial charge on any atom is 0.221 e. The Morgan fingerprint density at radius 3 is 2.57 bits per heavy atom. The number of ether oxygens (including phenoxy) is 1. The number of rotatable bonds is 6. The predicted octanol–water partition coefficient (Wildman–Crippen LogP) is -1.67. The van der Waals surface area contributed by atoms with E-state index in [1.807, 2.05) is 0 Å². The predicted molar refractivity (Wildman–Crippen MR) is 74.8 cm³/mol. The molecule has 0 bridgehead atoms. The van der Waals surface area contributed by atoms with Crippen molar-refractivity contribution in [3.8, 4) is 0 Å². The Hall–Kier alpha value is -1.19. The fraction of sp³-hybridized carbons (Fsp3) is 0.833. The van der Waals surface area contributed by atoms with E-state index in [1.54, 1.807) is 0 Å². The molecule has 4 atom stereocenters. The van der Waals surface area contributed by atoms with E-state index in [0.29, 0.717) is 6.61 Å². The lowest BCUT2D eigenvalue weighted by Gasteiger charge is -2.47. The van der Waals surface area contributed by atoms with Gasteiger partial charge in [0.1, 0.15) is 0 Å². The minimum absolute atomic E-state index is 0.0339. The summed E-state index contributed by atoms with van der Waals surface area (Å²) in [7, 11) is -3.29. The number of hydrogen-bond donors (Lipinski definition) is 3. The van der Waals surface area contributed by atoms with Crippen molar-refractivity contribution in [1.29, 1.82) is 0 Å². The van der Waals surface area contributed by atoms with Crippen LogP contribution >= 0.6 is 0 Å². The fourth-order valence-corrected chi connectivity index (χ4v) is 3.39. The van der Waals surface area contributed by atoms with Crippen LogP contribution in [0.4, 0.5) is 0 Å². The number of fused-ring (bicyclic) bond motifs is 1. The summed E-state index contributed by atoms with van der Waals surface area (Å²) in [4.78, 5) is 23.0. The first-order valence-corrected chi connectivity index (χ1v) is 8.80. The van der Waals surface area contributed by atoms with E-state index in [4.69, 9.17) is 4.74 Å². The molecule has 0 aromatic carbocycles. The van der Waals surface area contributed by atoms with Crippen LogP contribution in [0.5, 0.6) is 0 Å². The third kappa shape index (κ3) is 4.14. The molecular formula is C12H21N3O5S. The molecule has 9 heteroatoms. The van der Waals surface area contributed by atoms with Gasteiger partial charge in [-0.25, -0.2) is 13.1 Å². The average Bonchev–Trinajstić information content (AvgIpc) is 2.76. The highest BCUT2D eigenvalue weighted by molar-refractivity contribution is 7.88. The van der Waals surface area contributed by atoms with E-state index < -0.39 is 10.0 Å². The minimum atomic E-state index is -3.29. The van der Waals surface area contributed by atoms with Gasteiger partial charge < -0.3 is 15.4 Å². The highest BCUT2D eigenvalue weighted by Gasteiger charge is 2.54. The number of nitrogens with one attached hydrogen (secondary N) is 3. The molecule has 0 aromatic heterocycles. The zero-order valence-corrected chi connectivity index (χ0v) is 12.9. The second-order valence-corrected chi connectivity index (χ2v) is 7.36. The Morgan fingerprint density at radius 1 is 1.24 bits per heavy atom. The van der Waals surface area contributed by atoms with Gasteiger partial charge in [0.2, 0.25) is 21.8 Å². The Kier molecular flexibility index (Phi) is 4.84. The largest absolute Gasteiger partial charge is 0.376 e. The highest BCUT2D eigenvalue weighted by Crippen LogP contribution is 2.39. The van der Waals surface area contributed by atoms with Gasteiger partial charge in [-0.3, -0.25) is 9.59 Å². The summed E-state index contributed by atoms with van der Waals surface area (Å²) in [5.74, 6) is -0.183. The minimum Gasteiger partial charge on any atom is -0.376 e. The van der Waals surface area contributed by atoms with Crippen LogP contribution in [0.1, 0.15) is 19.8 Å². The quantitative estimate of drug-likeness (QED) is 0.542. The first-order chi connectivity index (χ1) is 9.78. The monoisotopic (exact) mass is 319 g/mol. The molecule has 2 fully saturated rings. The third-order valence-corrected chi connectivity index (χ3v) is 4.53. The Bertz CT molecular complexity index is 521. The van der Waals surface area contributed by atoms with Crippen molar-refractivity contribution in [2.24, 2.45) is 5.92 Å². The molecule has 1 saturated heterocycles. The topological polar surface area (TPSA) is 114 Å². The number of carbonyl (C=O) groups is 2. The van der Waals surface area contributed by atoms with Crippen LogP contribution in [0.3, 0.4) is 0 Å². The van der Waals surface area contributed by atoms with Gasteiger partial charge in [0.25, 0.3) is 0 Å². The second-order valence-electron chi connectivity index (χ2n) is 5.52. The van der Waals surface area contributed by atoms with Crippen molar-refractivity contribution in [3.63, 3.8) is 0 Å². The Balaban J connectivity index is 1.82. The van der Waals surface area contributed by atoms with Crippen LogP contribution in [0, 0.1) is 5.92 Å². The molecule has 1 aliphatic carbocycles. The van der Waals surface area contributed by atoms with Crippen LogP contribution in [-0.2, 0) is 24.3 Å². The molecular weight excluding hydrogens is 298 g/mol. The van der Waals surface area contributed by atoms with E-state index in [2.05, 4.69) is 15.4 Å². The summed E-state index contributed by atoms with van der Waals surface area (Å²) in [6, 6.07) is -0.353. The number of amides is 2. The SMILES string of the molecule is CC(=O)N[C@@H]1[C@@H](NC(=O)CCNS(C)(=O)=O)[C@H]2CCO[C@H]21. The molecule has 2 rings (SSSR count). The zero-order chi connectivity index (χ0) is 15.6. The van der Waals surface area contributed by atoms with Gasteiger partial charge in [-0.2, -0.15) is 0 Å². The lowest BCUT2D eigenvalue weighted by molar-refractivity contribution is -0.130. The van der Waals surface area contributed by atoms with Gasteiger partial charge in [0.05, 0.1) is 24.4 Å². The van der Waals surface area contributed by atoms with Crippen molar-refractivity contribution in [2.75, 3.05) is 19.4 Å². The molecule has 2 amide bonds. The van der Waals surface area contributed by atoms with E-state index >= 15 is 0 Å². The molecule has 21 heavy (non-hydrogen) atoms. The third-order valence-electron chi connectivity index (χ3n) is 3.80. The van der Waals surface area contributed by atoms with Gasteiger partial charge in [-0.1, -0.05) is 0 Å². The van der Waals surface area contributed by atoms with Gasteiger partial charge >= 0.3 is 0 Å². The summed E-state index contributed by atoms with van der Waals surface area (Å²) in [5.41, 5.74) is 0. The molecule has 0 radical (unpaired) electrons. The maximum absolute atomic E-state index is 11.9. The van der Waals surface area contributed by atoms with Crippen molar-refractivity contribution >= 4 is 21.8 Å². The molecule has 0 spiro atoms. The highest BCUT2D eigenvalue weighted by atomic mass is 32.2. The average molecular weight is 319 g/mol. The summed E-state index contributed by atoms with van der Waals surface area (Å²) in [6.07, 6.45) is 1.93. The molecule has 1 saturated carbocycles. The lowest BCUT2D eigenvalue weighted by Crippen LogP contribution is -2.70. The van der Waals surface area contributed by atoms with Crippen LogP contribution in [0.2, 0.25) is 0 Å². The van der Waals surface area contributed by atoms with Crippen molar-refractivity contribution in [2.45, 2.75) is 38.0 Å². The molecule has 2 aliphatic rings. The van der Waals surface area contributed by atoms with Crippen LogP contribution in [0.25, 0.3) is 0 Å². The van der Waals surface area contributed by atoms with Crippen LogP contribution in [0.15, 0.2) is 0 Å². The molecule has 120 valence electrons. The standard InChI is InChI=1S/C12H21N3O5S/c1-7(16)14-11-10(8-4-6-20-12(8)11)15-9(17)3-5-13-21(2,18)19/h8,10-13H,3-6H2,1-2H3,(H,14,16)(H,15,17)/t8-,10+,11-,12-/m1/s1. The summed E-state index contributed by atoms with van der Waals surface area (Å²) in [6.45, 7) is 2.12. The molecule has 0 aromatic rings. The van der Waals surface area contributed by atoms with Crippen LogP contribution in [-0.4, -0.2) is 57.8 Å². The maximum atomic E-state index is 11.9. The summed E-state index contributed by atoms with van der Waals surface area (Å²) < 4.78 is 29.7. The number of hydrogen-bond acceptors (Lipinski definition) is 5. The van der Waals surface area contributed by atoms with Gasteiger partial charge in [-0.05, 0) is 6.42 Å². The fourth-order valence-electron chi connectivity index (χ4n) is 2.92. The van der Waals surface area contributed by atoms with Crippen molar-refractivity contribution < 1.29 is 22.7 Å². The Morgan fingerprint density at radius 2 is 1.95 bits per heavy atom. The molecule has 3 N–H and O–H groups in total. The van der Waals surface area contributed by atoms with Crippen molar-refractivity contribution in [1.82, 2.24) is 15.4 Å². The smallest absolute Gasteiger partial charge is 0.221 e. The van der Waals surface area contributed by atoms with Crippen LogP contribution < -0.4 is 15.4 Å². The lowest BCUT2D eigenvalue weighted by atomic mass is 9.71. The molecule has 0 unspecified atom stereocenters. The Labute approximate surface area is 124 Å². The molecule has 8 nitrogen and oxygen atoms in total. The molecule has 1 aliphatic heterocycles. The first-order valence-electron chi connectivity index (χ1n) is 6.90. The van der Waals surface area contributed by atoms with Crippen molar-refractivity contribution in [3.05, 3.63) is 0 Å². The number of sulfonamides is 1. The van der Waals surface area contributed by atoms with E-state index in [-0.39, 0.29) is 48.9 Å². The van der Waals surface area contributed by atoms with Gasteiger partial charge in [0.15, 0.2) is 0 Å². The summed E-state index contributed by atoms with van der Waals surface area (Å²) in [5, 5.41) is 5.66. The second kappa shape index (κ2) is 6.29. The normalized spacial score (nSPS) is 31.1. The van der Waals surface area contributed by atoms with E-state index in [9.17, 15) is 18.0 Å². The molecule has 1 heterocycles. The number of carbonyl (C=O) groups excluding carboxylic acids is 2. The van der Waals surface area contributed by atoms with Gasteiger partial charge in [0, 0.05) is 32.4 Å². The van der Waals surface area contributed by atoms with Gasteiger partial charge in [-0.15, -0.1) is 0 Å². The van der Waals surface area contributed by atoms with E-state index in [0.717, 1.165) is 12.7 Å². The summed E-state index contributed by atoms with van der Waals surface area (Å²) >= 11 is 0. The van der Waals surface area contributed by atoms with E-state index in [1.165, 1.54) is 6.92 Å².